The van der Waals surface area contributed by atoms with Crippen LogP contribution in [0.3, 0.4) is 0 Å². The van der Waals surface area contributed by atoms with Gasteiger partial charge in [-0.05, 0) is 35.9 Å². The lowest BCUT2D eigenvalue weighted by atomic mass is 10.2. The number of benzene rings is 1. The smallest absolute Gasteiger partial charge is 0.266 e. The van der Waals surface area contributed by atoms with Gasteiger partial charge in [-0.15, -0.1) is 10.2 Å². The number of anilines is 1. The predicted octanol–water partition coefficient (Wildman–Crippen LogP) is 4.41. The Kier molecular flexibility index (Phi) is 7.76. The van der Waals surface area contributed by atoms with E-state index in [2.05, 4.69) is 15.5 Å². The van der Waals surface area contributed by atoms with Crippen molar-refractivity contribution in [3.8, 4) is 0 Å². The Hall–Kier alpha value is -1.82. The highest BCUT2D eigenvalue weighted by atomic mass is 32.2. The van der Waals surface area contributed by atoms with Gasteiger partial charge in [0.2, 0.25) is 11.0 Å². The number of thiocarbonyl (C=S) groups is 1. The molecule has 0 aliphatic carbocycles. The van der Waals surface area contributed by atoms with Crippen LogP contribution in [0.4, 0.5) is 9.52 Å². The number of thioether (sulfide) groups is 2. The monoisotopic (exact) mass is 468 g/mol. The first kappa shape index (κ1) is 21.9. The summed E-state index contributed by atoms with van der Waals surface area (Å²) in [7, 11) is 0. The molecule has 2 heterocycles. The average Bonchev–Trinajstić information content (AvgIpc) is 3.23. The normalized spacial score (nSPS) is 15.4. The molecule has 29 heavy (non-hydrogen) atoms. The number of hydrogen-bond acceptors (Lipinski definition) is 8. The SMILES string of the molecule is CCSc1nnc(NC(=O)CCCN2C(=O)/C(=C/c3ccc(F)cc3)SC2=S)s1. The summed E-state index contributed by atoms with van der Waals surface area (Å²) >= 11 is 9.40. The second-order valence-electron chi connectivity index (χ2n) is 5.84. The maximum Gasteiger partial charge on any atom is 0.266 e. The quantitative estimate of drug-likeness (QED) is 0.266. The molecule has 1 aliphatic heterocycles. The summed E-state index contributed by atoms with van der Waals surface area (Å²) in [5.74, 6) is 0.181. The van der Waals surface area contributed by atoms with E-state index in [0.717, 1.165) is 15.7 Å². The molecule has 2 amide bonds. The molecule has 0 radical (unpaired) electrons. The minimum Gasteiger partial charge on any atom is -0.301 e. The van der Waals surface area contributed by atoms with Gasteiger partial charge in [0.1, 0.15) is 10.1 Å². The number of hydrogen-bond donors (Lipinski definition) is 1. The molecule has 0 bridgehead atoms. The highest BCUT2D eigenvalue weighted by molar-refractivity contribution is 8.26. The maximum atomic E-state index is 13.0. The van der Waals surface area contributed by atoms with Gasteiger partial charge in [-0.3, -0.25) is 14.5 Å². The van der Waals surface area contributed by atoms with Gasteiger partial charge in [-0.25, -0.2) is 4.39 Å². The summed E-state index contributed by atoms with van der Waals surface area (Å²) in [4.78, 5) is 26.6. The molecule has 2 aromatic rings. The van der Waals surface area contributed by atoms with E-state index in [4.69, 9.17) is 12.2 Å². The van der Waals surface area contributed by atoms with Gasteiger partial charge in [0.25, 0.3) is 5.91 Å². The fourth-order valence-electron chi connectivity index (χ4n) is 2.42. The van der Waals surface area contributed by atoms with E-state index in [9.17, 15) is 14.0 Å². The molecule has 0 saturated carbocycles. The summed E-state index contributed by atoms with van der Waals surface area (Å²) in [5.41, 5.74) is 0.726. The van der Waals surface area contributed by atoms with Crippen LogP contribution < -0.4 is 5.32 Å². The van der Waals surface area contributed by atoms with Crippen LogP contribution in [-0.2, 0) is 9.59 Å². The van der Waals surface area contributed by atoms with Gasteiger partial charge in [0, 0.05) is 13.0 Å². The third-order valence-corrected chi connectivity index (χ3v) is 6.98. The molecule has 11 heteroatoms. The fraction of sp³-hybridized carbons (Fsp3) is 0.278. The lowest BCUT2D eigenvalue weighted by molar-refractivity contribution is -0.122. The van der Waals surface area contributed by atoms with E-state index in [-0.39, 0.29) is 24.1 Å². The first-order valence-electron chi connectivity index (χ1n) is 8.73. The molecule has 1 N–H and O–H groups in total. The summed E-state index contributed by atoms with van der Waals surface area (Å²) in [6.45, 7) is 2.37. The molecule has 1 aromatic carbocycles. The van der Waals surface area contributed by atoms with Crippen LogP contribution in [-0.4, -0.2) is 43.5 Å². The number of nitrogens with zero attached hydrogens (tertiary/aromatic N) is 3. The van der Waals surface area contributed by atoms with Gasteiger partial charge in [0.05, 0.1) is 4.91 Å². The highest BCUT2D eigenvalue weighted by Gasteiger charge is 2.31. The van der Waals surface area contributed by atoms with Crippen LogP contribution in [0.15, 0.2) is 33.5 Å². The minimum atomic E-state index is -0.332. The average molecular weight is 469 g/mol. The van der Waals surface area contributed by atoms with Crippen LogP contribution in [0.2, 0.25) is 0 Å². The zero-order valence-electron chi connectivity index (χ0n) is 15.4. The Balaban J connectivity index is 1.49. The van der Waals surface area contributed by atoms with E-state index in [1.165, 1.54) is 40.1 Å². The van der Waals surface area contributed by atoms with E-state index in [0.29, 0.717) is 27.3 Å². The number of carbonyl (C=O) groups excluding carboxylic acids is 2. The molecule has 1 saturated heterocycles. The van der Waals surface area contributed by atoms with Crippen LogP contribution in [0.5, 0.6) is 0 Å². The molecule has 1 aromatic heterocycles. The van der Waals surface area contributed by atoms with Crippen molar-refractivity contribution in [1.82, 2.24) is 15.1 Å². The summed E-state index contributed by atoms with van der Waals surface area (Å²) < 4.78 is 14.3. The van der Waals surface area contributed by atoms with Crippen molar-refractivity contribution in [2.75, 3.05) is 17.6 Å². The Bertz CT molecular complexity index is 946. The van der Waals surface area contributed by atoms with Crippen LogP contribution in [0.1, 0.15) is 25.3 Å². The van der Waals surface area contributed by atoms with Crippen molar-refractivity contribution < 1.29 is 14.0 Å². The third-order valence-electron chi connectivity index (χ3n) is 3.75. The molecule has 1 fully saturated rings. The molecule has 6 nitrogen and oxygen atoms in total. The molecule has 1 aliphatic rings. The number of nitrogens with one attached hydrogen (secondary N) is 1. The largest absolute Gasteiger partial charge is 0.301 e. The zero-order chi connectivity index (χ0) is 20.8. The molecule has 0 spiro atoms. The van der Waals surface area contributed by atoms with Crippen molar-refractivity contribution in [2.24, 2.45) is 0 Å². The standard InChI is InChI=1S/C18H17FN4O2S4/c1-2-27-17-22-21-16(29-17)20-14(24)4-3-9-23-15(25)13(28-18(23)26)10-11-5-7-12(19)8-6-11/h5-8,10H,2-4,9H2,1H3,(H,20,21,24)/b13-10-. The molecular weight excluding hydrogens is 451 g/mol. The van der Waals surface area contributed by atoms with E-state index in [1.54, 1.807) is 30.0 Å². The number of amides is 2. The van der Waals surface area contributed by atoms with Crippen molar-refractivity contribution in [1.29, 1.82) is 0 Å². The van der Waals surface area contributed by atoms with Crippen molar-refractivity contribution in [3.63, 3.8) is 0 Å². The summed E-state index contributed by atoms with van der Waals surface area (Å²) in [6.07, 6.45) is 2.40. The number of halogens is 1. The predicted molar refractivity (Wildman–Crippen MR) is 120 cm³/mol. The van der Waals surface area contributed by atoms with E-state index < -0.39 is 0 Å². The highest BCUT2D eigenvalue weighted by Crippen LogP contribution is 2.32. The van der Waals surface area contributed by atoms with E-state index in [1.807, 2.05) is 6.92 Å². The second kappa shape index (κ2) is 10.3. The fourth-order valence-corrected chi connectivity index (χ4v) is 5.40. The molecule has 0 unspecified atom stereocenters. The van der Waals surface area contributed by atoms with Gasteiger partial charge in [-0.2, -0.15) is 0 Å². The van der Waals surface area contributed by atoms with Crippen molar-refractivity contribution in [2.45, 2.75) is 24.1 Å². The zero-order valence-corrected chi connectivity index (χ0v) is 18.7. The Morgan fingerprint density at radius 3 is 2.83 bits per heavy atom. The van der Waals surface area contributed by atoms with Crippen molar-refractivity contribution >= 4 is 74.4 Å². The first-order valence-corrected chi connectivity index (χ1v) is 11.8. The number of aromatic nitrogens is 2. The molecule has 0 atom stereocenters. The maximum absolute atomic E-state index is 13.0. The first-order chi connectivity index (χ1) is 14.0. The molecular formula is C18H17FN4O2S4. The van der Waals surface area contributed by atoms with Gasteiger partial charge >= 0.3 is 0 Å². The van der Waals surface area contributed by atoms with E-state index >= 15 is 0 Å². The number of carbonyl (C=O) groups is 2. The van der Waals surface area contributed by atoms with Crippen molar-refractivity contribution in [3.05, 3.63) is 40.6 Å². The van der Waals surface area contributed by atoms with Gasteiger partial charge < -0.3 is 5.32 Å². The Labute approximate surface area is 185 Å². The summed E-state index contributed by atoms with van der Waals surface area (Å²) in [6, 6.07) is 5.88. The second-order valence-corrected chi connectivity index (χ2v) is 10.0. The summed E-state index contributed by atoms with van der Waals surface area (Å²) in [5, 5.41) is 11.1. The lowest BCUT2D eigenvalue weighted by Gasteiger charge is -2.13. The van der Waals surface area contributed by atoms with Crippen LogP contribution in [0, 0.1) is 5.82 Å². The minimum absolute atomic E-state index is 0.179. The molecule has 152 valence electrons. The van der Waals surface area contributed by atoms with Gasteiger partial charge in [-0.1, -0.05) is 66.1 Å². The Morgan fingerprint density at radius 2 is 2.10 bits per heavy atom. The molecule has 3 rings (SSSR count). The lowest BCUT2D eigenvalue weighted by Crippen LogP contribution is -2.29. The Morgan fingerprint density at radius 1 is 1.34 bits per heavy atom. The van der Waals surface area contributed by atoms with Crippen LogP contribution in [0.25, 0.3) is 6.08 Å². The van der Waals surface area contributed by atoms with Gasteiger partial charge in [0.15, 0.2) is 4.34 Å². The third kappa shape index (κ3) is 6.08. The topological polar surface area (TPSA) is 75.2 Å². The number of rotatable bonds is 8. The van der Waals surface area contributed by atoms with Crippen LogP contribution >= 0.6 is 47.1 Å².